The van der Waals surface area contributed by atoms with Gasteiger partial charge in [-0.15, -0.1) is 24.0 Å². The van der Waals surface area contributed by atoms with Crippen LogP contribution in [0.15, 0.2) is 29.3 Å². The van der Waals surface area contributed by atoms with Crippen LogP contribution in [0, 0.1) is 0 Å². The van der Waals surface area contributed by atoms with E-state index < -0.39 is 9.84 Å². The lowest BCUT2D eigenvalue weighted by molar-refractivity contribution is 0.340. The van der Waals surface area contributed by atoms with Crippen molar-refractivity contribution in [3.8, 4) is 5.75 Å². The minimum atomic E-state index is -2.93. The normalized spacial score (nSPS) is 11.6. The summed E-state index contributed by atoms with van der Waals surface area (Å²) in [5.74, 6) is 1.81. The molecular weight excluding hydrogens is 453 g/mol. The number of nitrogens with one attached hydrogen (secondary N) is 1. The van der Waals surface area contributed by atoms with Gasteiger partial charge in [-0.2, -0.15) is 0 Å². The van der Waals surface area contributed by atoms with Gasteiger partial charge in [0.05, 0.1) is 12.4 Å². The summed E-state index contributed by atoms with van der Waals surface area (Å²) in [5, 5.41) is 3.23. The molecule has 0 saturated heterocycles. The Balaban J connectivity index is 0.00000576. The number of hydrogen-bond acceptors (Lipinski definition) is 4. The lowest BCUT2D eigenvalue weighted by Gasteiger charge is -2.22. The highest BCUT2D eigenvalue weighted by Crippen LogP contribution is 2.13. The van der Waals surface area contributed by atoms with Crippen molar-refractivity contribution in [1.82, 2.24) is 10.2 Å². The van der Waals surface area contributed by atoms with E-state index in [1.165, 1.54) is 6.26 Å². The minimum Gasteiger partial charge on any atom is -0.494 e. The van der Waals surface area contributed by atoms with E-state index in [0.717, 1.165) is 23.8 Å². The molecule has 1 rings (SSSR count). The van der Waals surface area contributed by atoms with Gasteiger partial charge in [0, 0.05) is 32.9 Å². The Kier molecular flexibility index (Phi) is 11.8. The second kappa shape index (κ2) is 12.3. The Bertz CT molecular complexity index is 619. The summed E-state index contributed by atoms with van der Waals surface area (Å²) in [6, 6.07) is 8.00. The molecule has 0 aliphatic rings. The first kappa shape index (κ1) is 24.0. The number of rotatable bonds is 9. The topological polar surface area (TPSA) is 71.0 Å². The maximum atomic E-state index is 11.2. The lowest BCUT2D eigenvalue weighted by Crippen LogP contribution is -2.38. The third-order valence-electron chi connectivity index (χ3n) is 3.29. The summed E-state index contributed by atoms with van der Waals surface area (Å²) < 4.78 is 27.8. The summed E-state index contributed by atoms with van der Waals surface area (Å²) in [7, 11) is -0.960. The molecule has 0 spiro atoms. The van der Waals surface area contributed by atoms with Crippen molar-refractivity contribution in [1.29, 1.82) is 0 Å². The summed E-state index contributed by atoms with van der Waals surface area (Å²) in [6.07, 6.45) is 1.78. The lowest BCUT2D eigenvalue weighted by atomic mass is 10.2. The van der Waals surface area contributed by atoms with E-state index in [9.17, 15) is 8.42 Å². The number of benzene rings is 1. The number of aliphatic imine (C=N–C) groups is 1. The van der Waals surface area contributed by atoms with Crippen molar-refractivity contribution in [3.63, 3.8) is 0 Å². The SMILES string of the molecule is CCNC(=NCCCS(C)(=O)=O)N(C)Cc1ccc(OCC)cc1.I. The molecule has 6 nitrogen and oxygen atoms in total. The molecule has 0 heterocycles. The number of ether oxygens (including phenoxy) is 1. The third kappa shape index (κ3) is 10.5. The number of hydrogen-bond donors (Lipinski definition) is 1. The molecule has 0 aliphatic carbocycles. The van der Waals surface area contributed by atoms with Gasteiger partial charge >= 0.3 is 0 Å². The van der Waals surface area contributed by atoms with Crippen LogP contribution in [0.25, 0.3) is 0 Å². The van der Waals surface area contributed by atoms with Crippen LogP contribution in [0.2, 0.25) is 0 Å². The van der Waals surface area contributed by atoms with Gasteiger partial charge in [-0.25, -0.2) is 8.42 Å². The van der Waals surface area contributed by atoms with Gasteiger partial charge in [-0.1, -0.05) is 12.1 Å². The van der Waals surface area contributed by atoms with E-state index in [0.29, 0.717) is 26.1 Å². The molecule has 25 heavy (non-hydrogen) atoms. The molecule has 1 N–H and O–H groups in total. The van der Waals surface area contributed by atoms with Crippen LogP contribution in [0.4, 0.5) is 0 Å². The fourth-order valence-corrected chi connectivity index (χ4v) is 2.84. The molecular formula is C17H30IN3O3S. The molecule has 0 atom stereocenters. The number of halogens is 1. The van der Waals surface area contributed by atoms with E-state index in [-0.39, 0.29) is 29.7 Å². The van der Waals surface area contributed by atoms with Gasteiger partial charge in [0.2, 0.25) is 0 Å². The van der Waals surface area contributed by atoms with Gasteiger partial charge in [-0.05, 0) is 38.0 Å². The van der Waals surface area contributed by atoms with E-state index in [2.05, 4.69) is 10.3 Å². The number of nitrogens with zero attached hydrogens (tertiary/aromatic N) is 2. The quantitative estimate of drug-likeness (QED) is 0.253. The second-order valence-corrected chi connectivity index (χ2v) is 7.91. The molecule has 0 radical (unpaired) electrons. The first-order valence-corrected chi connectivity index (χ1v) is 10.3. The minimum absolute atomic E-state index is 0. The summed E-state index contributed by atoms with van der Waals surface area (Å²) in [6.45, 7) is 6.59. The monoisotopic (exact) mass is 483 g/mol. The van der Waals surface area contributed by atoms with Crippen LogP contribution in [0.1, 0.15) is 25.8 Å². The standard InChI is InChI=1S/C17H29N3O3S.HI/c1-5-18-17(19-12-7-13-24(4,21)22)20(3)14-15-8-10-16(11-9-15)23-6-2;/h8-11H,5-7,12-14H2,1-4H3,(H,18,19);1H. The molecule has 8 heteroatoms. The fourth-order valence-electron chi connectivity index (χ4n) is 2.19. The molecule has 144 valence electrons. The largest absolute Gasteiger partial charge is 0.494 e. The zero-order valence-electron chi connectivity index (χ0n) is 15.5. The van der Waals surface area contributed by atoms with Crippen LogP contribution in [0.3, 0.4) is 0 Å². The first-order chi connectivity index (χ1) is 11.4. The Morgan fingerprint density at radius 1 is 1.24 bits per heavy atom. The summed E-state index contributed by atoms with van der Waals surface area (Å²) in [5.41, 5.74) is 1.16. The van der Waals surface area contributed by atoms with Crippen molar-refractivity contribution in [3.05, 3.63) is 29.8 Å². The van der Waals surface area contributed by atoms with Crippen molar-refractivity contribution in [2.24, 2.45) is 4.99 Å². The average Bonchev–Trinajstić information content (AvgIpc) is 2.51. The van der Waals surface area contributed by atoms with Crippen molar-refractivity contribution >= 4 is 39.8 Å². The van der Waals surface area contributed by atoms with Gasteiger partial charge in [0.25, 0.3) is 0 Å². The zero-order chi connectivity index (χ0) is 18.0. The highest BCUT2D eigenvalue weighted by Gasteiger charge is 2.07. The van der Waals surface area contributed by atoms with Crippen LogP contribution in [-0.4, -0.2) is 58.0 Å². The summed E-state index contributed by atoms with van der Waals surface area (Å²) in [4.78, 5) is 6.53. The van der Waals surface area contributed by atoms with Gasteiger partial charge in [-0.3, -0.25) is 4.99 Å². The molecule has 0 aliphatic heterocycles. The number of guanidine groups is 1. The summed E-state index contributed by atoms with van der Waals surface area (Å²) >= 11 is 0. The highest BCUT2D eigenvalue weighted by molar-refractivity contribution is 14.0. The predicted octanol–water partition coefficient (Wildman–Crippen LogP) is 2.54. The molecule has 1 aromatic carbocycles. The Morgan fingerprint density at radius 2 is 1.88 bits per heavy atom. The third-order valence-corrected chi connectivity index (χ3v) is 4.32. The first-order valence-electron chi connectivity index (χ1n) is 8.24. The second-order valence-electron chi connectivity index (χ2n) is 5.65. The zero-order valence-corrected chi connectivity index (χ0v) is 18.6. The van der Waals surface area contributed by atoms with Crippen LogP contribution in [-0.2, 0) is 16.4 Å². The Labute approximate surface area is 169 Å². The molecule has 0 amide bonds. The molecule has 0 saturated carbocycles. The predicted molar refractivity (Wildman–Crippen MR) is 115 cm³/mol. The van der Waals surface area contributed by atoms with E-state index >= 15 is 0 Å². The molecule has 0 bridgehead atoms. The molecule has 0 aromatic heterocycles. The van der Waals surface area contributed by atoms with E-state index in [1.807, 2.05) is 50.1 Å². The smallest absolute Gasteiger partial charge is 0.193 e. The van der Waals surface area contributed by atoms with Gasteiger partial charge < -0.3 is 15.0 Å². The van der Waals surface area contributed by atoms with Crippen LogP contribution < -0.4 is 10.1 Å². The maximum Gasteiger partial charge on any atom is 0.193 e. The van der Waals surface area contributed by atoms with Crippen LogP contribution >= 0.6 is 24.0 Å². The van der Waals surface area contributed by atoms with Crippen molar-refractivity contribution < 1.29 is 13.2 Å². The average molecular weight is 483 g/mol. The Morgan fingerprint density at radius 3 is 2.40 bits per heavy atom. The number of sulfone groups is 1. The maximum absolute atomic E-state index is 11.2. The molecule has 0 fully saturated rings. The van der Waals surface area contributed by atoms with Gasteiger partial charge in [0.1, 0.15) is 15.6 Å². The van der Waals surface area contributed by atoms with E-state index in [1.54, 1.807) is 0 Å². The van der Waals surface area contributed by atoms with Gasteiger partial charge in [0.15, 0.2) is 5.96 Å². The van der Waals surface area contributed by atoms with E-state index in [4.69, 9.17) is 4.74 Å². The molecule has 0 unspecified atom stereocenters. The van der Waals surface area contributed by atoms with Crippen molar-refractivity contribution in [2.75, 3.05) is 38.8 Å². The molecule has 1 aromatic rings. The van der Waals surface area contributed by atoms with Crippen LogP contribution in [0.5, 0.6) is 5.75 Å². The highest BCUT2D eigenvalue weighted by atomic mass is 127. The fraction of sp³-hybridized carbons (Fsp3) is 0.588. The Hall–Kier alpha value is -1.03. The van der Waals surface area contributed by atoms with Crippen molar-refractivity contribution in [2.45, 2.75) is 26.8 Å².